The molecule has 0 atom stereocenters. The monoisotopic (exact) mass is 469 g/mol. The van der Waals surface area contributed by atoms with Gasteiger partial charge in [0.05, 0.1) is 5.39 Å². The summed E-state index contributed by atoms with van der Waals surface area (Å²) in [5, 5.41) is 3.92. The van der Waals surface area contributed by atoms with Crippen LogP contribution in [0.2, 0.25) is 0 Å². The van der Waals surface area contributed by atoms with E-state index in [1.54, 1.807) is 0 Å². The quantitative estimate of drug-likeness (QED) is 0.379. The maximum atomic E-state index is 11.9. The number of nitrogens with two attached hydrogens (primary N) is 1. The number of amides is 1. The normalized spacial score (nSPS) is 17.3. The first-order valence-electron chi connectivity index (χ1n) is 12.2. The highest BCUT2D eigenvalue weighted by molar-refractivity contribution is 6.00. The molecular weight excluding hydrogens is 438 g/mol. The number of hydrogen-bond donors (Lipinski definition) is 2. The summed E-state index contributed by atoms with van der Waals surface area (Å²) >= 11 is 0. The fourth-order valence-corrected chi connectivity index (χ4v) is 4.64. The standard InChI is InChI=1S/C28H31N5O2/c1-18(2)28(34)30-14-20-11-22(12-20)33-15-24(25-26(29)31-17-32-27(25)33)21-9-6-10-23(13-21)35-16-19-7-4-3-5-8-19/h3-10,13,15,17-18,20,22H,11-12,14,16H2,1-2H3,(H,30,34)(H2,29,31,32). The first-order valence-corrected chi connectivity index (χ1v) is 12.2. The van der Waals surface area contributed by atoms with Crippen LogP contribution < -0.4 is 15.8 Å². The smallest absolute Gasteiger partial charge is 0.222 e. The number of nitrogens with one attached hydrogen (secondary N) is 1. The summed E-state index contributed by atoms with van der Waals surface area (Å²) < 4.78 is 8.28. The summed E-state index contributed by atoms with van der Waals surface area (Å²) in [6, 6.07) is 18.5. The van der Waals surface area contributed by atoms with Crippen LogP contribution in [0.1, 0.15) is 38.3 Å². The Morgan fingerprint density at radius 2 is 1.94 bits per heavy atom. The van der Waals surface area contributed by atoms with Crippen LogP contribution in [0, 0.1) is 11.8 Å². The molecule has 0 spiro atoms. The largest absolute Gasteiger partial charge is 0.489 e. The van der Waals surface area contributed by atoms with Crippen molar-refractivity contribution in [2.24, 2.45) is 11.8 Å². The highest BCUT2D eigenvalue weighted by Crippen LogP contribution is 2.43. The van der Waals surface area contributed by atoms with E-state index >= 15 is 0 Å². The number of carbonyl (C=O) groups excluding carboxylic acids is 1. The molecule has 35 heavy (non-hydrogen) atoms. The Labute approximate surface area is 205 Å². The molecule has 4 aromatic rings. The van der Waals surface area contributed by atoms with E-state index < -0.39 is 0 Å². The molecule has 0 unspecified atom stereocenters. The molecule has 1 amide bonds. The van der Waals surface area contributed by atoms with Gasteiger partial charge >= 0.3 is 0 Å². The second kappa shape index (κ2) is 9.78. The van der Waals surface area contributed by atoms with Crippen molar-refractivity contribution in [2.75, 3.05) is 12.3 Å². The Kier molecular flexibility index (Phi) is 6.40. The number of nitrogen functional groups attached to an aromatic ring is 1. The molecule has 0 bridgehead atoms. The van der Waals surface area contributed by atoms with Crippen LogP contribution in [0.15, 0.2) is 67.1 Å². The van der Waals surface area contributed by atoms with Crippen LogP contribution in [-0.2, 0) is 11.4 Å². The molecule has 1 fully saturated rings. The van der Waals surface area contributed by atoms with Crippen molar-refractivity contribution in [3.05, 3.63) is 72.7 Å². The van der Waals surface area contributed by atoms with E-state index in [2.05, 4.69) is 44.2 Å². The summed E-state index contributed by atoms with van der Waals surface area (Å²) in [5.41, 5.74) is 10.3. The van der Waals surface area contributed by atoms with Gasteiger partial charge in [-0.3, -0.25) is 4.79 Å². The Morgan fingerprint density at radius 1 is 1.14 bits per heavy atom. The zero-order valence-electron chi connectivity index (χ0n) is 20.1. The highest BCUT2D eigenvalue weighted by Gasteiger charge is 2.32. The molecule has 0 radical (unpaired) electrons. The van der Waals surface area contributed by atoms with E-state index in [1.807, 2.05) is 50.2 Å². The van der Waals surface area contributed by atoms with Gasteiger partial charge in [0, 0.05) is 30.3 Å². The topological polar surface area (TPSA) is 95.1 Å². The van der Waals surface area contributed by atoms with Gasteiger partial charge in [0.25, 0.3) is 0 Å². The number of rotatable bonds is 8. The number of nitrogens with zero attached hydrogens (tertiary/aromatic N) is 3. The molecule has 1 aliphatic rings. The number of carbonyl (C=O) groups is 1. The number of hydrogen-bond acceptors (Lipinski definition) is 5. The number of benzene rings is 2. The van der Waals surface area contributed by atoms with Crippen LogP contribution in [0.25, 0.3) is 22.2 Å². The van der Waals surface area contributed by atoms with Gasteiger partial charge in [-0.25, -0.2) is 9.97 Å². The Hall–Kier alpha value is -3.87. The summed E-state index contributed by atoms with van der Waals surface area (Å²) in [5.74, 6) is 1.86. The second-order valence-electron chi connectivity index (χ2n) is 9.60. The van der Waals surface area contributed by atoms with Crippen molar-refractivity contribution in [3.63, 3.8) is 0 Å². The third kappa shape index (κ3) is 4.85. The van der Waals surface area contributed by atoms with Crippen LogP contribution in [0.3, 0.4) is 0 Å². The van der Waals surface area contributed by atoms with Crippen molar-refractivity contribution in [3.8, 4) is 16.9 Å². The average Bonchev–Trinajstić information content (AvgIpc) is 3.23. The molecule has 0 aliphatic heterocycles. The van der Waals surface area contributed by atoms with Gasteiger partial charge in [0.15, 0.2) is 0 Å². The lowest BCUT2D eigenvalue weighted by molar-refractivity contribution is -0.124. The summed E-state index contributed by atoms with van der Waals surface area (Å²) in [6.45, 7) is 5.06. The molecule has 2 aromatic carbocycles. The minimum absolute atomic E-state index is 0.00827. The molecule has 2 heterocycles. The first-order chi connectivity index (χ1) is 17.0. The van der Waals surface area contributed by atoms with Crippen LogP contribution >= 0.6 is 0 Å². The van der Waals surface area contributed by atoms with E-state index in [0.29, 0.717) is 24.4 Å². The molecule has 1 saturated carbocycles. The molecular formula is C28H31N5O2. The van der Waals surface area contributed by atoms with E-state index in [4.69, 9.17) is 10.5 Å². The number of ether oxygens (including phenoxy) is 1. The maximum Gasteiger partial charge on any atom is 0.222 e. The predicted octanol–water partition coefficient (Wildman–Crippen LogP) is 4.98. The van der Waals surface area contributed by atoms with Gasteiger partial charge in [0.1, 0.15) is 30.1 Å². The Morgan fingerprint density at radius 3 is 2.71 bits per heavy atom. The summed E-state index contributed by atoms with van der Waals surface area (Å²) in [7, 11) is 0. The van der Waals surface area contributed by atoms with Gasteiger partial charge < -0.3 is 20.4 Å². The van der Waals surface area contributed by atoms with Gasteiger partial charge in [0.2, 0.25) is 5.91 Å². The van der Waals surface area contributed by atoms with E-state index in [9.17, 15) is 4.79 Å². The maximum absolute atomic E-state index is 11.9. The summed E-state index contributed by atoms with van der Waals surface area (Å²) in [4.78, 5) is 20.8. The third-order valence-electron chi connectivity index (χ3n) is 6.73. The minimum Gasteiger partial charge on any atom is -0.489 e. The zero-order chi connectivity index (χ0) is 24.4. The lowest BCUT2D eigenvalue weighted by Gasteiger charge is -2.36. The minimum atomic E-state index is 0.00827. The summed E-state index contributed by atoms with van der Waals surface area (Å²) in [6.07, 6.45) is 5.65. The molecule has 7 nitrogen and oxygen atoms in total. The first kappa shape index (κ1) is 22.9. The van der Waals surface area contributed by atoms with Gasteiger partial charge in [-0.05, 0) is 42.0 Å². The van der Waals surface area contributed by atoms with Crippen molar-refractivity contribution >= 4 is 22.8 Å². The molecule has 3 N–H and O–H groups in total. The fraction of sp³-hybridized carbons (Fsp3) is 0.321. The van der Waals surface area contributed by atoms with E-state index in [-0.39, 0.29) is 11.8 Å². The SMILES string of the molecule is CC(C)C(=O)NCC1CC(n2cc(-c3cccc(OCc4ccccc4)c3)c3c(N)ncnc32)C1. The Bertz CT molecular complexity index is 1330. The molecule has 0 saturated heterocycles. The van der Waals surface area contributed by atoms with E-state index in [1.165, 1.54) is 6.33 Å². The van der Waals surface area contributed by atoms with Gasteiger partial charge in [-0.1, -0.05) is 56.3 Å². The van der Waals surface area contributed by atoms with Crippen LogP contribution in [-0.4, -0.2) is 27.0 Å². The predicted molar refractivity (Wildman–Crippen MR) is 138 cm³/mol. The second-order valence-corrected chi connectivity index (χ2v) is 9.60. The molecule has 1 aliphatic carbocycles. The van der Waals surface area contributed by atoms with Gasteiger partial charge in [-0.15, -0.1) is 0 Å². The van der Waals surface area contributed by atoms with Crippen molar-refractivity contribution < 1.29 is 9.53 Å². The zero-order valence-corrected chi connectivity index (χ0v) is 20.1. The van der Waals surface area contributed by atoms with Crippen molar-refractivity contribution in [1.29, 1.82) is 0 Å². The van der Waals surface area contributed by atoms with Crippen molar-refractivity contribution in [1.82, 2.24) is 19.9 Å². The average molecular weight is 470 g/mol. The Balaban J connectivity index is 1.37. The highest BCUT2D eigenvalue weighted by atomic mass is 16.5. The van der Waals surface area contributed by atoms with Gasteiger partial charge in [-0.2, -0.15) is 0 Å². The fourth-order valence-electron chi connectivity index (χ4n) is 4.64. The van der Waals surface area contributed by atoms with Crippen LogP contribution in [0.4, 0.5) is 5.82 Å². The van der Waals surface area contributed by atoms with Crippen LogP contribution in [0.5, 0.6) is 5.75 Å². The molecule has 5 rings (SSSR count). The number of anilines is 1. The number of fused-ring (bicyclic) bond motifs is 1. The molecule has 2 aromatic heterocycles. The lowest BCUT2D eigenvalue weighted by Crippen LogP contribution is -2.38. The lowest BCUT2D eigenvalue weighted by atomic mass is 9.80. The number of aromatic nitrogens is 3. The molecule has 7 heteroatoms. The third-order valence-corrected chi connectivity index (χ3v) is 6.73. The van der Waals surface area contributed by atoms with E-state index in [0.717, 1.165) is 52.9 Å². The molecule has 180 valence electrons. The van der Waals surface area contributed by atoms with Crippen molar-refractivity contribution in [2.45, 2.75) is 39.3 Å².